The number of benzene rings is 1. The van der Waals surface area contributed by atoms with Crippen molar-refractivity contribution < 1.29 is 4.79 Å². The third-order valence-electron chi connectivity index (χ3n) is 2.92. The second kappa shape index (κ2) is 4.49. The zero-order chi connectivity index (χ0) is 14.5. The maximum Gasteiger partial charge on any atom is 0.231 e. The molecule has 4 nitrogen and oxygen atoms in total. The highest BCUT2D eigenvalue weighted by atomic mass is 32.1. The summed E-state index contributed by atoms with van der Waals surface area (Å²) in [5.41, 5.74) is 1.49. The summed E-state index contributed by atoms with van der Waals surface area (Å²) in [6.45, 7) is 7.67. The van der Waals surface area contributed by atoms with Gasteiger partial charge in [-0.25, -0.2) is 9.97 Å². The average Bonchev–Trinajstić information content (AvgIpc) is 2.89. The van der Waals surface area contributed by atoms with Gasteiger partial charge in [0.15, 0.2) is 5.13 Å². The van der Waals surface area contributed by atoms with Gasteiger partial charge >= 0.3 is 0 Å². The number of thiazole rings is 2. The molecule has 0 aliphatic rings. The topological polar surface area (TPSA) is 54.9 Å². The van der Waals surface area contributed by atoms with Crippen molar-refractivity contribution in [1.29, 1.82) is 0 Å². The predicted octanol–water partition coefficient (Wildman–Crippen LogP) is 4.20. The van der Waals surface area contributed by atoms with Gasteiger partial charge in [0.05, 0.1) is 25.4 Å². The summed E-state index contributed by atoms with van der Waals surface area (Å²) >= 11 is 3.18. The van der Waals surface area contributed by atoms with Gasteiger partial charge in [0.2, 0.25) is 5.91 Å². The van der Waals surface area contributed by atoms with Crippen LogP contribution in [-0.2, 0) is 4.79 Å². The highest BCUT2D eigenvalue weighted by molar-refractivity contribution is 7.28. The van der Waals surface area contributed by atoms with E-state index >= 15 is 0 Å². The van der Waals surface area contributed by atoms with Crippen molar-refractivity contribution in [2.45, 2.75) is 27.7 Å². The van der Waals surface area contributed by atoms with Crippen molar-refractivity contribution in [2.75, 3.05) is 5.32 Å². The zero-order valence-corrected chi connectivity index (χ0v) is 13.4. The second-order valence-electron chi connectivity index (χ2n) is 5.72. The lowest BCUT2D eigenvalue weighted by atomic mass is 9.96. The molecular formula is C14H15N3OS2. The first-order chi connectivity index (χ1) is 9.34. The number of anilines is 1. The van der Waals surface area contributed by atoms with E-state index in [1.165, 1.54) is 11.3 Å². The first-order valence-corrected chi connectivity index (χ1v) is 7.96. The number of aryl methyl sites for hydroxylation is 1. The van der Waals surface area contributed by atoms with Crippen molar-refractivity contribution in [3.05, 3.63) is 17.1 Å². The fourth-order valence-electron chi connectivity index (χ4n) is 1.82. The number of carbonyl (C=O) groups is 1. The minimum absolute atomic E-state index is 0.0201. The lowest BCUT2D eigenvalue weighted by molar-refractivity contribution is -0.123. The lowest BCUT2D eigenvalue weighted by Gasteiger charge is -2.15. The van der Waals surface area contributed by atoms with E-state index in [1.54, 1.807) is 11.3 Å². The van der Waals surface area contributed by atoms with Gasteiger partial charge in [0.25, 0.3) is 0 Å². The average molecular weight is 305 g/mol. The number of nitrogens with zero attached hydrogens (tertiary/aromatic N) is 2. The molecule has 0 aliphatic heterocycles. The standard InChI is InChI=1S/C14H15N3OS2/c1-7-15-8-5-6-9-11(10(8)19-7)20-13(16-9)17-12(18)14(2,3)4/h5-6H,1-4H3,(H,16,17,18). The molecular weight excluding hydrogens is 290 g/mol. The molecule has 6 heteroatoms. The third-order valence-corrected chi connectivity index (χ3v) is 5.06. The Bertz CT molecular complexity index is 811. The van der Waals surface area contributed by atoms with E-state index in [0.29, 0.717) is 5.13 Å². The molecule has 0 bridgehead atoms. The SMILES string of the molecule is Cc1nc2ccc3nc(NC(=O)C(C)(C)C)sc3c2s1. The first-order valence-electron chi connectivity index (χ1n) is 6.33. The molecule has 2 heterocycles. The van der Waals surface area contributed by atoms with Gasteiger partial charge in [-0.3, -0.25) is 4.79 Å². The van der Waals surface area contributed by atoms with Crippen LogP contribution in [-0.4, -0.2) is 15.9 Å². The number of nitrogens with one attached hydrogen (secondary N) is 1. The third kappa shape index (κ3) is 2.29. The molecule has 0 fully saturated rings. The Morgan fingerprint density at radius 2 is 1.70 bits per heavy atom. The highest BCUT2D eigenvalue weighted by Crippen LogP contribution is 2.36. The van der Waals surface area contributed by atoms with Crippen molar-refractivity contribution in [1.82, 2.24) is 9.97 Å². The van der Waals surface area contributed by atoms with Gasteiger partial charge in [-0.15, -0.1) is 11.3 Å². The van der Waals surface area contributed by atoms with E-state index in [2.05, 4.69) is 15.3 Å². The number of carbonyl (C=O) groups excluding carboxylic acids is 1. The van der Waals surface area contributed by atoms with Crippen LogP contribution in [0.1, 0.15) is 25.8 Å². The Morgan fingerprint density at radius 3 is 2.35 bits per heavy atom. The number of rotatable bonds is 1. The Balaban J connectivity index is 2.06. The molecule has 0 unspecified atom stereocenters. The van der Waals surface area contributed by atoms with Crippen LogP contribution < -0.4 is 5.32 Å². The molecule has 3 rings (SSSR count). The van der Waals surface area contributed by atoms with Crippen LogP contribution in [0.5, 0.6) is 0 Å². The summed E-state index contributed by atoms with van der Waals surface area (Å²) in [6, 6.07) is 3.94. The largest absolute Gasteiger partial charge is 0.301 e. The van der Waals surface area contributed by atoms with E-state index in [4.69, 9.17) is 0 Å². The van der Waals surface area contributed by atoms with Gasteiger partial charge < -0.3 is 5.32 Å². The van der Waals surface area contributed by atoms with Gasteiger partial charge in [-0.2, -0.15) is 0 Å². The monoisotopic (exact) mass is 305 g/mol. The van der Waals surface area contributed by atoms with Crippen LogP contribution >= 0.6 is 22.7 Å². The second-order valence-corrected chi connectivity index (χ2v) is 7.92. The molecule has 104 valence electrons. The Kier molecular flexibility index (Phi) is 3.02. The number of hydrogen-bond donors (Lipinski definition) is 1. The minimum atomic E-state index is -0.422. The molecule has 0 saturated heterocycles. The Morgan fingerprint density at radius 1 is 1.10 bits per heavy atom. The number of aromatic nitrogens is 2. The summed E-state index contributed by atoms with van der Waals surface area (Å²) in [6.07, 6.45) is 0. The van der Waals surface area contributed by atoms with Crippen LogP contribution in [0.3, 0.4) is 0 Å². The summed E-state index contributed by atoms with van der Waals surface area (Å²) in [5, 5.41) is 4.59. The van der Waals surface area contributed by atoms with E-state index in [-0.39, 0.29) is 5.91 Å². The van der Waals surface area contributed by atoms with Gasteiger partial charge in [0.1, 0.15) is 0 Å². The molecule has 0 radical (unpaired) electrons. The normalized spacial score (nSPS) is 12.2. The number of fused-ring (bicyclic) bond motifs is 3. The zero-order valence-electron chi connectivity index (χ0n) is 11.8. The minimum Gasteiger partial charge on any atom is -0.301 e. The summed E-state index contributed by atoms with van der Waals surface area (Å²) < 4.78 is 2.24. The summed E-state index contributed by atoms with van der Waals surface area (Å²) in [5.74, 6) is -0.0201. The molecule has 3 aromatic rings. The van der Waals surface area contributed by atoms with Crippen LogP contribution in [0.2, 0.25) is 0 Å². The van der Waals surface area contributed by atoms with Crippen LogP contribution in [0.15, 0.2) is 12.1 Å². The Hall–Kier alpha value is -1.53. The lowest BCUT2D eigenvalue weighted by Crippen LogP contribution is -2.27. The van der Waals surface area contributed by atoms with Crippen LogP contribution in [0.4, 0.5) is 5.13 Å². The molecule has 20 heavy (non-hydrogen) atoms. The highest BCUT2D eigenvalue weighted by Gasteiger charge is 2.22. The van der Waals surface area contributed by atoms with Crippen LogP contribution in [0, 0.1) is 12.3 Å². The Labute approximate surface area is 124 Å². The molecule has 1 aromatic carbocycles. The number of amides is 1. The molecule has 0 aliphatic carbocycles. The van der Waals surface area contributed by atoms with Crippen molar-refractivity contribution in [2.24, 2.45) is 5.41 Å². The fourth-order valence-corrected chi connectivity index (χ4v) is 3.82. The molecule has 0 saturated carbocycles. The smallest absolute Gasteiger partial charge is 0.231 e. The van der Waals surface area contributed by atoms with E-state index in [0.717, 1.165) is 25.4 Å². The first kappa shape index (κ1) is 13.5. The molecule has 1 amide bonds. The predicted molar refractivity (Wildman–Crippen MR) is 85.6 cm³/mol. The quantitative estimate of drug-likeness (QED) is 0.733. The van der Waals surface area contributed by atoms with Gasteiger partial charge in [-0.1, -0.05) is 32.1 Å². The molecule has 0 spiro atoms. The van der Waals surface area contributed by atoms with E-state index in [9.17, 15) is 4.79 Å². The maximum atomic E-state index is 12.0. The van der Waals surface area contributed by atoms with Crippen LogP contribution in [0.25, 0.3) is 20.4 Å². The van der Waals surface area contributed by atoms with E-state index in [1.807, 2.05) is 39.8 Å². The van der Waals surface area contributed by atoms with Crippen molar-refractivity contribution in [3.63, 3.8) is 0 Å². The molecule has 2 aromatic heterocycles. The summed E-state index contributed by atoms with van der Waals surface area (Å²) in [7, 11) is 0. The molecule has 1 N–H and O–H groups in total. The maximum absolute atomic E-state index is 12.0. The van der Waals surface area contributed by atoms with Crippen molar-refractivity contribution in [3.8, 4) is 0 Å². The van der Waals surface area contributed by atoms with Gasteiger partial charge in [0, 0.05) is 5.41 Å². The fraction of sp³-hybridized carbons (Fsp3) is 0.357. The van der Waals surface area contributed by atoms with Gasteiger partial charge in [-0.05, 0) is 19.1 Å². The van der Waals surface area contributed by atoms with Crippen molar-refractivity contribution >= 4 is 54.1 Å². The molecule has 0 atom stereocenters. The van der Waals surface area contributed by atoms with E-state index < -0.39 is 5.41 Å². The summed E-state index contributed by atoms with van der Waals surface area (Å²) in [4.78, 5) is 21.0. The number of hydrogen-bond acceptors (Lipinski definition) is 5.